The first-order chi connectivity index (χ1) is 28.2. The number of para-hydroxylation sites is 2. The molecule has 0 aliphatic heterocycles. The van der Waals surface area contributed by atoms with E-state index in [1.807, 2.05) is 109 Å². The monoisotopic (exact) mass is 749 g/mol. The van der Waals surface area contributed by atoms with Gasteiger partial charge in [-0.25, -0.2) is 24.9 Å². The van der Waals surface area contributed by atoms with Gasteiger partial charge in [-0.15, -0.1) is 11.3 Å². The number of furan rings is 2. The number of benzene rings is 7. The lowest BCUT2D eigenvalue weighted by molar-refractivity contribution is 0.666. The Morgan fingerprint density at radius 3 is 1.82 bits per heavy atom. The molecule has 0 aliphatic rings. The first-order valence-electron chi connectivity index (χ1n) is 18.7. The molecule has 0 N–H and O–H groups in total. The maximum Gasteiger partial charge on any atom is 0.180 e. The van der Waals surface area contributed by atoms with Crippen molar-refractivity contribution < 1.29 is 8.83 Å². The van der Waals surface area contributed by atoms with E-state index >= 15 is 0 Å². The molecule has 0 atom stereocenters. The molecule has 5 heterocycles. The second-order valence-corrected chi connectivity index (χ2v) is 15.0. The van der Waals surface area contributed by atoms with Crippen LogP contribution < -0.4 is 0 Å². The molecule has 8 heteroatoms. The van der Waals surface area contributed by atoms with Crippen LogP contribution in [0.5, 0.6) is 0 Å². The molecule has 57 heavy (non-hydrogen) atoms. The predicted molar refractivity (Wildman–Crippen MR) is 230 cm³/mol. The zero-order valence-electron chi connectivity index (χ0n) is 30.0. The van der Waals surface area contributed by atoms with Crippen molar-refractivity contribution in [2.75, 3.05) is 0 Å². The molecular formula is C49H27N5O2S. The summed E-state index contributed by atoms with van der Waals surface area (Å²) in [5, 5.41) is 5.24. The van der Waals surface area contributed by atoms with E-state index in [1.54, 1.807) is 11.3 Å². The lowest BCUT2D eigenvalue weighted by atomic mass is 10.1. The molecule has 0 fully saturated rings. The molecule has 0 saturated heterocycles. The molecule has 0 aliphatic carbocycles. The van der Waals surface area contributed by atoms with Gasteiger partial charge in [0.25, 0.3) is 0 Å². The van der Waals surface area contributed by atoms with Crippen LogP contribution in [0, 0.1) is 0 Å². The highest BCUT2D eigenvalue weighted by atomic mass is 32.1. The van der Waals surface area contributed by atoms with Gasteiger partial charge in [0.2, 0.25) is 0 Å². The maximum atomic E-state index is 6.66. The predicted octanol–water partition coefficient (Wildman–Crippen LogP) is 13.2. The standard InChI is InChI=1S/C49H27N5O2S/c1-3-13-28(14-4-1)41-44-42(34-18-7-9-23-38(34)56-44)51-48(50-41)35-21-11-19-32-37-27-30(25-26-39(37)55-43(32)35)47-52-46(29-15-5-2-6-16-29)53-49(54-47)36-22-12-20-33-31-17-8-10-24-40(31)57-45(33)36/h1-27H. The Balaban J connectivity index is 1.04. The van der Waals surface area contributed by atoms with E-state index in [9.17, 15) is 0 Å². The fourth-order valence-electron chi connectivity index (χ4n) is 7.88. The van der Waals surface area contributed by atoms with Gasteiger partial charge in [-0.05, 0) is 48.5 Å². The largest absolute Gasteiger partial charge is 0.455 e. The number of hydrogen-bond acceptors (Lipinski definition) is 8. The first kappa shape index (κ1) is 31.8. The van der Waals surface area contributed by atoms with Gasteiger partial charge in [-0.1, -0.05) is 115 Å². The van der Waals surface area contributed by atoms with E-state index in [0.717, 1.165) is 71.1 Å². The van der Waals surface area contributed by atoms with Crippen LogP contribution in [-0.2, 0) is 0 Å². The van der Waals surface area contributed by atoms with Gasteiger partial charge in [0.05, 0.1) is 5.56 Å². The summed E-state index contributed by atoms with van der Waals surface area (Å²) in [7, 11) is 0. The molecular weight excluding hydrogens is 723 g/mol. The highest BCUT2D eigenvalue weighted by Crippen LogP contribution is 2.42. The zero-order chi connectivity index (χ0) is 37.5. The third-order valence-corrected chi connectivity index (χ3v) is 11.8. The Bertz CT molecular complexity index is 3540. The van der Waals surface area contributed by atoms with Crippen molar-refractivity contribution in [1.29, 1.82) is 0 Å². The molecule has 5 aromatic heterocycles. The number of aromatic nitrogens is 5. The molecule has 0 spiro atoms. The van der Waals surface area contributed by atoms with Gasteiger partial charge in [-0.3, -0.25) is 0 Å². The van der Waals surface area contributed by atoms with Crippen molar-refractivity contribution in [2.45, 2.75) is 0 Å². The van der Waals surface area contributed by atoms with E-state index in [1.165, 1.54) is 15.5 Å². The lowest BCUT2D eigenvalue weighted by Gasteiger charge is -2.09. The van der Waals surface area contributed by atoms with Gasteiger partial charge >= 0.3 is 0 Å². The van der Waals surface area contributed by atoms with Gasteiger partial charge in [0.15, 0.2) is 28.9 Å². The van der Waals surface area contributed by atoms with E-state index in [2.05, 4.69) is 54.6 Å². The van der Waals surface area contributed by atoms with Crippen molar-refractivity contribution in [2.24, 2.45) is 0 Å². The van der Waals surface area contributed by atoms with E-state index in [0.29, 0.717) is 34.5 Å². The lowest BCUT2D eigenvalue weighted by Crippen LogP contribution is -2.00. The molecule has 0 amide bonds. The highest BCUT2D eigenvalue weighted by Gasteiger charge is 2.22. The fourth-order valence-corrected chi connectivity index (χ4v) is 9.09. The third kappa shape index (κ3) is 5.08. The summed E-state index contributed by atoms with van der Waals surface area (Å²) >= 11 is 1.76. The van der Waals surface area contributed by atoms with Crippen LogP contribution in [0.15, 0.2) is 173 Å². The van der Waals surface area contributed by atoms with Crippen molar-refractivity contribution in [3.8, 4) is 56.8 Å². The Kier molecular flexibility index (Phi) is 6.96. The van der Waals surface area contributed by atoms with Gasteiger partial charge < -0.3 is 8.83 Å². The minimum absolute atomic E-state index is 0.558. The summed E-state index contributed by atoms with van der Waals surface area (Å²) in [5.74, 6) is 2.38. The average molecular weight is 750 g/mol. The molecule has 0 bridgehead atoms. The summed E-state index contributed by atoms with van der Waals surface area (Å²) in [6.45, 7) is 0. The Hall–Kier alpha value is -7.55. The molecule has 0 unspecified atom stereocenters. The number of nitrogens with zero attached hydrogens (tertiary/aromatic N) is 5. The summed E-state index contributed by atoms with van der Waals surface area (Å²) in [5.41, 5.74) is 8.85. The highest BCUT2D eigenvalue weighted by molar-refractivity contribution is 7.26. The summed E-state index contributed by atoms with van der Waals surface area (Å²) < 4.78 is 15.4. The SMILES string of the molecule is c1ccc(-c2nc(-c3ccc4oc5c(-c6nc(-c7ccccc7)c7oc8ccccc8c7n6)cccc5c4c3)nc(-c3cccc4c3sc3ccccc34)n2)cc1. The van der Waals surface area contributed by atoms with Crippen LogP contribution in [0.3, 0.4) is 0 Å². The Morgan fingerprint density at radius 2 is 0.982 bits per heavy atom. The fraction of sp³-hybridized carbons (Fsp3) is 0. The first-order valence-corrected chi connectivity index (χ1v) is 19.5. The Labute approximate surface area is 328 Å². The summed E-state index contributed by atoms with van der Waals surface area (Å²) in [4.78, 5) is 25.6. The minimum atomic E-state index is 0.558. The van der Waals surface area contributed by atoms with Crippen LogP contribution in [-0.4, -0.2) is 24.9 Å². The topological polar surface area (TPSA) is 90.7 Å². The van der Waals surface area contributed by atoms with Crippen LogP contribution in [0.1, 0.15) is 0 Å². The molecule has 0 saturated carbocycles. The molecule has 12 rings (SSSR count). The van der Waals surface area contributed by atoms with Gasteiger partial charge in [0.1, 0.15) is 28.0 Å². The van der Waals surface area contributed by atoms with Crippen molar-refractivity contribution in [3.63, 3.8) is 0 Å². The number of rotatable bonds is 5. The maximum absolute atomic E-state index is 6.66. The number of thiophene rings is 1. The minimum Gasteiger partial charge on any atom is -0.455 e. The average Bonchev–Trinajstić information content (AvgIpc) is 3.98. The molecule has 7 aromatic carbocycles. The molecule has 0 radical (unpaired) electrons. The van der Waals surface area contributed by atoms with Crippen molar-refractivity contribution >= 4 is 75.5 Å². The zero-order valence-corrected chi connectivity index (χ0v) is 30.9. The van der Waals surface area contributed by atoms with Crippen LogP contribution >= 0.6 is 11.3 Å². The van der Waals surface area contributed by atoms with Crippen molar-refractivity contribution in [1.82, 2.24) is 24.9 Å². The molecule has 12 aromatic rings. The summed E-state index contributed by atoms with van der Waals surface area (Å²) in [6.07, 6.45) is 0. The third-order valence-electron chi connectivity index (χ3n) is 10.6. The summed E-state index contributed by atoms with van der Waals surface area (Å²) in [6, 6.07) is 55.3. The van der Waals surface area contributed by atoms with E-state index in [4.69, 9.17) is 33.8 Å². The molecule has 266 valence electrons. The molecule has 7 nitrogen and oxygen atoms in total. The second kappa shape index (κ2) is 12.5. The van der Waals surface area contributed by atoms with Crippen LogP contribution in [0.4, 0.5) is 0 Å². The van der Waals surface area contributed by atoms with Gasteiger partial charge in [0, 0.05) is 58.6 Å². The van der Waals surface area contributed by atoms with E-state index in [-0.39, 0.29) is 0 Å². The smallest absolute Gasteiger partial charge is 0.180 e. The normalized spacial score (nSPS) is 11.9. The van der Waals surface area contributed by atoms with Gasteiger partial charge in [-0.2, -0.15) is 0 Å². The number of fused-ring (bicyclic) bond motifs is 9. The van der Waals surface area contributed by atoms with Crippen LogP contribution in [0.2, 0.25) is 0 Å². The Morgan fingerprint density at radius 1 is 0.368 bits per heavy atom. The quantitative estimate of drug-likeness (QED) is 0.173. The number of hydrogen-bond donors (Lipinski definition) is 0. The second-order valence-electron chi connectivity index (χ2n) is 14.0. The van der Waals surface area contributed by atoms with Crippen molar-refractivity contribution in [3.05, 3.63) is 164 Å². The van der Waals surface area contributed by atoms with E-state index < -0.39 is 0 Å². The van der Waals surface area contributed by atoms with Crippen LogP contribution in [0.25, 0.3) is 121 Å².